The van der Waals surface area contributed by atoms with Gasteiger partial charge in [-0.2, -0.15) is 0 Å². The Kier molecular flexibility index (Phi) is 5.11. The lowest BCUT2D eigenvalue weighted by Crippen LogP contribution is -2.05. The molecule has 2 aromatic carbocycles. The largest absolute Gasteiger partial charge is 0.259 e. The molecule has 0 spiro atoms. The monoisotopic (exact) mass is 296 g/mol. The van der Waals surface area contributed by atoms with Gasteiger partial charge in [0.05, 0.1) is 5.75 Å². The van der Waals surface area contributed by atoms with Gasteiger partial charge in [-0.25, -0.2) is 4.39 Å². The van der Waals surface area contributed by atoms with E-state index in [0.717, 1.165) is 12.0 Å². The normalized spacial score (nSPS) is 12.3. The van der Waals surface area contributed by atoms with Crippen LogP contribution < -0.4 is 0 Å². The summed E-state index contributed by atoms with van der Waals surface area (Å²) in [7, 11) is -1.12. The zero-order chi connectivity index (χ0) is 13.7. The van der Waals surface area contributed by atoms with E-state index >= 15 is 0 Å². The molecule has 0 N–H and O–H groups in total. The van der Waals surface area contributed by atoms with Crippen molar-refractivity contribution in [2.24, 2.45) is 0 Å². The first kappa shape index (κ1) is 14.2. The maximum Gasteiger partial charge on any atom is 0.128 e. The first-order chi connectivity index (χ1) is 9.16. The molecule has 100 valence electrons. The average Bonchev–Trinajstić information content (AvgIpc) is 2.42. The van der Waals surface area contributed by atoms with Crippen LogP contribution in [-0.4, -0.2) is 9.96 Å². The topological polar surface area (TPSA) is 17.1 Å². The molecule has 2 aromatic rings. The summed E-state index contributed by atoms with van der Waals surface area (Å²) in [5, 5.41) is 0.341. The van der Waals surface area contributed by atoms with Crippen LogP contribution in [0.1, 0.15) is 11.1 Å². The van der Waals surface area contributed by atoms with Gasteiger partial charge in [0.25, 0.3) is 0 Å². The highest BCUT2D eigenvalue weighted by Crippen LogP contribution is 2.20. The van der Waals surface area contributed by atoms with Crippen LogP contribution in [0.3, 0.4) is 0 Å². The molecule has 0 bridgehead atoms. The molecule has 19 heavy (non-hydrogen) atoms. The SMILES string of the molecule is O=S(CCc1ccccc1)Cc1c(F)cccc1Cl. The molecular weight excluding hydrogens is 283 g/mol. The van der Waals surface area contributed by atoms with Crippen molar-refractivity contribution in [3.05, 3.63) is 70.5 Å². The highest BCUT2D eigenvalue weighted by molar-refractivity contribution is 7.84. The van der Waals surface area contributed by atoms with Crippen molar-refractivity contribution in [1.82, 2.24) is 0 Å². The Hall–Kier alpha value is -1.19. The molecule has 0 aliphatic rings. The molecule has 0 fully saturated rings. The summed E-state index contributed by atoms with van der Waals surface area (Å²) in [5.41, 5.74) is 1.48. The van der Waals surface area contributed by atoms with Crippen molar-refractivity contribution < 1.29 is 8.60 Å². The minimum Gasteiger partial charge on any atom is -0.259 e. The number of rotatable bonds is 5. The van der Waals surface area contributed by atoms with Gasteiger partial charge in [-0.1, -0.05) is 48.0 Å². The van der Waals surface area contributed by atoms with Gasteiger partial charge in [-0.3, -0.25) is 4.21 Å². The molecule has 1 unspecified atom stereocenters. The third kappa shape index (κ3) is 4.15. The Morgan fingerprint density at radius 2 is 1.79 bits per heavy atom. The molecule has 0 heterocycles. The molecule has 0 radical (unpaired) electrons. The van der Waals surface area contributed by atoms with Gasteiger partial charge >= 0.3 is 0 Å². The molecule has 1 atom stereocenters. The lowest BCUT2D eigenvalue weighted by molar-refractivity contribution is 0.615. The molecule has 0 aliphatic heterocycles. The molecule has 0 amide bonds. The van der Waals surface area contributed by atoms with E-state index in [0.29, 0.717) is 16.3 Å². The quantitative estimate of drug-likeness (QED) is 0.816. The van der Waals surface area contributed by atoms with Crippen molar-refractivity contribution in [2.75, 3.05) is 5.75 Å². The minimum atomic E-state index is -1.12. The predicted octanol–water partition coefficient (Wildman–Crippen LogP) is 3.97. The van der Waals surface area contributed by atoms with Crippen molar-refractivity contribution in [3.8, 4) is 0 Å². The third-order valence-electron chi connectivity index (χ3n) is 2.83. The van der Waals surface area contributed by atoms with Crippen LogP contribution in [0, 0.1) is 5.82 Å². The van der Waals surface area contributed by atoms with E-state index in [2.05, 4.69) is 0 Å². The van der Waals surface area contributed by atoms with E-state index in [1.807, 2.05) is 30.3 Å². The molecule has 4 heteroatoms. The number of hydrogen-bond acceptors (Lipinski definition) is 1. The van der Waals surface area contributed by atoms with Crippen LogP contribution in [0.4, 0.5) is 4.39 Å². The van der Waals surface area contributed by atoms with Crippen LogP contribution >= 0.6 is 11.6 Å². The van der Waals surface area contributed by atoms with Crippen LogP contribution in [0.2, 0.25) is 5.02 Å². The molecule has 0 saturated heterocycles. The smallest absolute Gasteiger partial charge is 0.128 e. The summed E-state index contributed by atoms with van der Waals surface area (Å²) in [6.45, 7) is 0. The average molecular weight is 297 g/mol. The summed E-state index contributed by atoms with van der Waals surface area (Å²) in [5.74, 6) is 0.285. The van der Waals surface area contributed by atoms with Gasteiger partial charge in [0, 0.05) is 27.1 Å². The Morgan fingerprint density at radius 3 is 2.47 bits per heavy atom. The Morgan fingerprint density at radius 1 is 1.05 bits per heavy atom. The zero-order valence-corrected chi connectivity index (χ0v) is 11.9. The predicted molar refractivity (Wildman–Crippen MR) is 78.3 cm³/mol. The molecular formula is C15H14ClFOS. The van der Waals surface area contributed by atoms with E-state index in [1.165, 1.54) is 6.07 Å². The number of halogens is 2. The summed E-state index contributed by atoms with van der Waals surface area (Å²) in [6, 6.07) is 14.3. The number of hydrogen-bond donors (Lipinski definition) is 0. The fourth-order valence-electron chi connectivity index (χ4n) is 1.78. The summed E-state index contributed by atoms with van der Waals surface area (Å²) >= 11 is 5.92. The van der Waals surface area contributed by atoms with Crippen molar-refractivity contribution >= 4 is 22.4 Å². The van der Waals surface area contributed by atoms with Gasteiger partial charge in [0.1, 0.15) is 5.82 Å². The van der Waals surface area contributed by atoms with Crippen molar-refractivity contribution in [3.63, 3.8) is 0 Å². The highest BCUT2D eigenvalue weighted by Gasteiger charge is 2.10. The van der Waals surface area contributed by atoms with Gasteiger partial charge in [0.2, 0.25) is 0 Å². The third-order valence-corrected chi connectivity index (χ3v) is 4.45. The molecule has 2 rings (SSSR count). The van der Waals surface area contributed by atoms with Gasteiger partial charge < -0.3 is 0 Å². The summed E-state index contributed by atoms with van der Waals surface area (Å²) < 4.78 is 25.5. The van der Waals surface area contributed by atoms with E-state index in [9.17, 15) is 8.60 Å². The molecule has 0 aliphatic carbocycles. The highest BCUT2D eigenvalue weighted by atomic mass is 35.5. The van der Waals surface area contributed by atoms with Crippen LogP contribution in [0.15, 0.2) is 48.5 Å². The second kappa shape index (κ2) is 6.83. The maximum atomic E-state index is 13.6. The second-order valence-corrected chi connectivity index (χ2v) is 6.21. The lowest BCUT2D eigenvalue weighted by atomic mass is 10.2. The van der Waals surface area contributed by atoms with Gasteiger partial charge in [-0.15, -0.1) is 0 Å². The van der Waals surface area contributed by atoms with E-state index in [1.54, 1.807) is 12.1 Å². The Labute approximate surface area is 119 Å². The molecule has 0 saturated carbocycles. The fourth-order valence-corrected chi connectivity index (χ4v) is 3.31. The number of benzene rings is 2. The second-order valence-electron chi connectivity index (χ2n) is 4.22. The maximum absolute atomic E-state index is 13.6. The minimum absolute atomic E-state index is 0.165. The van der Waals surface area contributed by atoms with E-state index < -0.39 is 10.8 Å². The first-order valence-electron chi connectivity index (χ1n) is 5.98. The summed E-state index contributed by atoms with van der Waals surface area (Å²) in [6.07, 6.45) is 0.722. The molecule has 0 aromatic heterocycles. The van der Waals surface area contributed by atoms with Gasteiger partial charge in [0.15, 0.2) is 0 Å². The molecule has 1 nitrogen and oxygen atoms in total. The Balaban J connectivity index is 1.95. The van der Waals surface area contributed by atoms with Crippen LogP contribution in [0.5, 0.6) is 0 Å². The standard InChI is InChI=1S/C15H14ClFOS/c16-14-7-4-8-15(17)13(14)11-19(18)10-9-12-5-2-1-3-6-12/h1-8H,9-11H2. The fraction of sp³-hybridized carbons (Fsp3) is 0.200. The van der Waals surface area contributed by atoms with Crippen LogP contribution in [-0.2, 0) is 23.0 Å². The van der Waals surface area contributed by atoms with Crippen LogP contribution in [0.25, 0.3) is 0 Å². The first-order valence-corrected chi connectivity index (χ1v) is 7.85. The van der Waals surface area contributed by atoms with Crippen molar-refractivity contribution in [1.29, 1.82) is 0 Å². The Bertz CT molecular complexity index is 551. The zero-order valence-electron chi connectivity index (χ0n) is 10.3. The summed E-state index contributed by atoms with van der Waals surface area (Å²) in [4.78, 5) is 0. The van der Waals surface area contributed by atoms with E-state index in [4.69, 9.17) is 11.6 Å². The lowest BCUT2D eigenvalue weighted by Gasteiger charge is -2.06. The number of aryl methyl sites for hydroxylation is 1. The van der Waals surface area contributed by atoms with Crippen molar-refractivity contribution in [2.45, 2.75) is 12.2 Å². The van der Waals surface area contributed by atoms with E-state index in [-0.39, 0.29) is 11.6 Å². The van der Waals surface area contributed by atoms with Gasteiger partial charge in [-0.05, 0) is 24.1 Å².